The standard InChI is InChI=1S/C12H18F3N5O/c13-12(14,15)9-8-10(18-11(17-9)19-16)21-7-6-20-4-2-1-3-5-20/h8H,1-7,16H2,(H,17,18,19). The van der Waals surface area contributed by atoms with E-state index in [1.54, 1.807) is 0 Å². The van der Waals surface area contributed by atoms with E-state index in [0.29, 0.717) is 6.54 Å². The van der Waals surface area contributed by atoms with Gasteiger partial charge in [0.1, 0.15) is 6.61 Å². The third-order valence-corrected chi connectivity index (χ3v) is 3.23. The van der Waals surface area contributed by atoms with Gasteiger partial charge in [-0.1, -0.05) is 6.42 Å². The first kappa shape index (κ1) is 15.8. The average Bonchev–Trinajstić information content (AvgIpc) is 2.47. The van der Waals surface area contributed by atoms with Crippen LogP contribution in [0.3, 0.4) is 0 Å². The number of ether oxygens (including phenoxy) is 1. The predicted molar refractivity (Wildman–Crippen MR) is 70.6 cm³/mol. The van der Waals surface area contributed by atoms with E-state index in [2.05, 4.69) is 14.9 Å². The predicted octanol–water partition coefficient (Wildman–Crippen LogP) is 1.65. The van der Waals surface area contributed by atoms with Crippen LogP contribution in [0.4, 0.5) is 19.1 Å². The minimum Gasteiger partial charge on any atom is -0.476 e. The molecule has 0 aromatic carbocycles. The summed E-state index contributed by atoms with van der Waals surface area (Å²) in [5.41, 5.74) is 0.922. The normalized spacial score (nSPS) is 16.8. The highest BCUT2D eigenvalue weighted by molar-refractivity contribution is 5.30. The van der Waals surface area contributed by atoms with Crippen molar-refractivity contribution in [3.8, 4) is 5.88 Å². The molecule has 3 N–H and O–H groups in total. The second-order valence-corrected chi connectivity index (χ2v) is 4.81. The van der Waals surface area contributed by atoms with Gasteiger partial charge in [-0.2, -0.15) is 18.2 Å². The Labute approximate surface area is 120 Å². The number of nitrogen functional groups attached to an aromatic ring is 1. The van der Waals surface area contributed by atoms with Crippen LogP contribution in [0.2, 0.25) is 0 Å². The molecule has 1 aromatic heterocycles. The quantitative estimate of drug-likeness (QED) is 0.636. The molecule has 6 nitrogen and oxygen atoms in total. The van der Waals surface area contributed by atoms with Gasteiger partial charge in [0.05, 0.1) is 0 Å². The van der Waals surface area contributed by atoms with E-state index < -0.39 is 11.9 Å². The van der Waals surface area contributed by atoms with Crippen LogP contribution in [0.15, 0.2) is 6.07 Å². The highest BCUT2D eigenvalue weighted by atomic mass is 19.4. The number of nitrogens with two attached hydrogens (primary N) is 1. The number of hydrazine groups is 1. The molecule has 1 aliphatic heterocycles. The largest absolute Gasteiger partial charge is 0.476 e. The van der Waals surface area contributed by atoms with Gasteiger partial charge >= 0.3 is 6.18 Å². The van der Waals surface area contributed by atoms with Crippen molar-refractivity contribution >= 4 is 5.95 Å². The van der Waals surface area contributed by atoms with Gasteiger partial charge in [0, 0.05) is 12.6 Å². The van der Waals surface area contributed by atoms with Gasteiger partial charge in [0.2, 0.25) is 11.8 Å². The Balaban J connectivity index is 1.95. The van der Waals surface area contributed by atoms with Crippen LogP contribution >= 0.6 is 0 Å². The number of likely N-dealkylation sites (tertiary alicyclic amines) is 1. The summed E-state index contributed by atoms with van der Waals surface area (Å²) >= 11 is 0. The summed E-state index contributed by atoms with van der Waals surface area (Å²) in [7, 11) is 0. The summed E-state index contributed by atoms with van der Waals surface area (Å²) in [4.78, 5) is 9.24. The van der Waals surface area contributed by atoms with Crippen molar-refractivity contribution in [2.24, 2.45) is 5.84 Å². The summed E-state index contributed by atoms with van der Waals surface area (Å²) < 4.78 is 43.3. The molecule has 21 heavy (non-hydrogen) atoms. The number of nitrogens with zero attached hydrogens (tertiary/aromatic N) is 3. The van der Waals surface area contributed by atoms with E-state index in [1.807, 2.05) is 5.43 Å². The molecule has 0 amide bonds. The SMILES string of the molecule is NNc1nc(OCCN2CCCCC2)cc(C(F)(F)F)n1. The fourth-order valence-electron chi connectivity index (χ4n) is 2.17. The van der Waals surface area contributed by atoms with E-state index in [0.717, 1.165) is 32.0 Å². The Bertz CT molecular complexity index is 463. The Hall–Kier alpha value is -1.61. The fourth-order valence-corrected chi connectivity index (χ4v) is 2.17. The van der Waals surface area contributed by atoms with Gasteiger partial charge in [-0.3, -0.25) is 10.3 Å². The molecular weight excluding hydrogens is 287 g/mol. The third kappa shape index (κ3) is 4.71. The van der Waals surface area contributed by atoms with Crippen LogP contribution in [0, 0.1) is 0 Å². The zero-order valence-electron chi connectivity index (χ0n) is 11.5. The van der Waals surface area contributed by atoms with Crippen molar-refractivity contribution in [3.05, 3.63) is 11.8 Å². The lowest BCUT2D eigenvalue weighted by atomic mass is 10.1. The van der Waals surface area contributed by atoms with E-state index in [-0.39, 0.29) is 18.4 Å². The minimum absolute atomic E-state index is 0.137. The highest BCUT2D eigenvalue weighted by Gasteiger charge is 2.34. The van der Waals surface area contributed by atoms with Crippen LogP contribution < -0.4 is 16.0 Å². The van der Waals surface area contributed by atoms with E-state index >= 15 is 0 Å². The molecule has 0 atom stereocenters. The van der Waals surface area contributed by atoms with E-state index in [1.165, 1.54) is 6.42 Å². The van der Waals surface area contributed by atoms with Crippen molar-refractivity contribution in [2.45, 2.75) is 25.4 Å². The van der Waals surface area contributed by atoms with Gasteiger partial charge in [0.25, 0.3) is 0 Å². The van der Waals surface area contributed by atoms with E-state index in [9.17, 15) is 13.2 Å². The molecule has 0 saturated carbocycles. The smallest absolute Gasteiger partial charge is 0.433 e. The molecule has 1 aromatic rings. The van der Waals surface area contributed by atoms with Crippen molar-refractivity contribution in [3.63, 3.8) is 0 Å². The maximum absolute atomic E-state index is 12.7. The molecule has 1 saturated heterocycles. The lowest BCUT2D eigenvalue weighted by Crippen LogP contribution is -2.33. The maximum atomic E-state index is 12.7. The molecule has 0 spiro atoms. The second-order valence-electron chi connectivity index (χ2n) is 4.81. The number of hydrogen-bond donors (Lipinski definition) is 2. The molecule has 2 heterocycles. The Morgan fingerprint density at radius 1 is 1.24 bits per heavy atom. The van der Waals surface area contributed by atoms with Gasteiger partial charge in [-0.05, 0) is 25.9 Å². The fraction of sp³-hybridized carbons (Fsp3) is 0.667. The number of rotatable bonds is 5. The van der Waals surface area contributed by atoms with Gasteiger partial charge in [-0.25, -0.2) is 10.8 Å². The van der Waals surface area contributed by atoms with Crippen LogP contribution in [0.1, 0.15) is 25.0 Å². The highest BCUT2D eigenvalue weighted by Crippen LogP contribution is 2.30. The number of halogens is 3. The molecule has 0 bridgehead atoms. The van der Waals surface area contributed by atoms with Gasteiger partial charge < -0.3 is 4.74 Å². The monoisotopic (exact) mass is 305 g/mol. The van der Waals surface area contributed by atoms with Crippen molar-refractivity contribution in [1.29, 1.82) is 0 Å². The van der Waals surface area contributed by atoms with Crippen molar-refractivity contribution in [1.82, 2.24) is 14.9 Å². The van der Waals surface area contributed by atoms with E-state index in [4.69, 9.17) is 10.6 Å². The first-order chi connectivity index (χ1) is 9.99. The molecule has 2 rings (SSSR count). The number of hydrogen-bond acceptors (Lipinski definition) is 6. The molecule has 0 aliphatic carbocycles. The van der Waals surface area contributed by atoms with Crippen LogP contribution in [0.25, 0.3) is 0 Å². The molecule has 1 fully saturated rings. The molecule has 0 radical (unpaired) electrons. The molecular formula is C12H18F3N5O. The van der Waals surface area contributed by atoms with Crippen LogP contribution in [0.5, 0.6) is 5.88 Å². The summed E-state index contributed by atoms with van der Waals surface area (Å²) in [5.74, 6) is 4.61. The summed E-state index contributed by atoms with van der Waals surface area (Å²) in [6.07, 6.45) is -1.05. The molecule has 9 heteroatoms. The second kappa shape index (κ2) is 6.90. The maximum Gasteiger partial charge on any atom is 0.433 e. The molecule has 118 valence electrons. The number of aromatic nitrogens is 2. The van der Waals surface area contributed by atoms with Crippen molar-refractivity contribution in [2.75, 3.05) is 31.7 Å². The van der Waals surface area contributed by atoms with Gasteiger partial charge in [-0.15, -0.1) is 0 Å². The van der Waals surface area contributed by atoms with Crippen LogP contribution in [-0.4, -0.2) is 41.1 Å². The van der Waals surface area contributed by atoms with Crippen molar-refractivity contribution < 1.29 is 17.9 Å². The molecule has 0 unspecified atom stereocenters. The summed E-state index contributed by atoms with van der Waals surface area (Å²) in [6.45, 7) is 2.93. The number of piperidine rings is 1. The Morgan fingerprint density at radius 2 is 1.95 bits per heavy atom. The Morgan fingerprint density at radius 3 is 2.57 bits per heavy atom. The number of nitrogens with one attached hydrogen (secondary N) is 1. The molecule has 1 aliphatic rings. The average molecular weight is 305 g/mol. The topological polar surface area (TPSA) is 76.3 Å². The first-order valence-corrected chi connectivity index (χ1v) is 6.77. The number of alkyl halides is 3. The third-order valence-electron chi connectivity index (χ3n) is 3.23. The van der Waals surface area contributed by atoms with Crippen LogP contribution in [-0.2, 0) is 6.18 Å². The zero-order chi connectivity index (χ0) is 15.3. The Kier molecular flexibility index (Phi) is 5.18. The number of anilines is 1. The van der Waals surface area contributed by atoms with Gasteiger partial charge in [0.15, 0.2) is 5.69 Å². The lowest BCUT2D eigenvalue weighted by Gasteiger charge is -2.26. The summed E-state index contributed by atoms with van der Waals surface area (Å²) in [5, 5.41) is 0. The minimum atomic E-state index is -4.57. The first-order valence-electron chi connectivity index (χ1n) is 6.77. The zero-order valence-corrected chi connectivity index (χ0v) is 11.5. The lowest BCUT2D eigenvalue weighted by molar-refractivity contribution is -0.141. The summed E-state index contributed by atoms with van der Waals surface area (Å²) in [6, 6.07) is 0.775.